The Morgan fingerprint density at radius 3 is 2.65 bits per heavy atom. The molecule has 0 unspecified atom stereocenters. The highest BCUT2D eigenvalue weighted by atomic mass is 16.2. The van der Waals surface area contributed by atoms with Crippen LogP contribution < -0.4 is 10.9 Å². The van der Waals surface area contributed by atoms with Gasteiger partial charge >= 0.3 is 0 Å². The minimum absolute atomic E-state index is 0.284. The van der Waals surface area contributed by atoms with E-state index in [0.717, 1.165) is 22.8 Å². The molecule has 0 saturated carbocycles. The Balaban J connectivity index is 1.72. The smallest absolute Gasteiger partial charge is 0.255 e. The predicted octanol–water partition coefficient (Wildman–Crippen LogP) is 4.13. The third-order valence-electron chi connectivity index (χ3n) is 4.60. The second-order valence-electron chi connectivity index (χ2n) is 6.45. The molecule has 0 saturated heterocycles. The van der Waals surface area contributed by atoms with E-state index in [4.69, 9.17) is 0 Å². The summed E-state index contributed by atoms with van der Waals surface area (Å²) in [5.41, 5.74) is 4.78. The normalized spacial score (nSPS) is 11.2. The number of benzene rings is 2. The van der Waals surface area contributed by atoms with Gasteiger partial charge in [-0.15, -0.1) is 0 Å². The van der Waals surface area contributed by atoms with E-state index in [1.54, 1.807) is 13.0 Å². The maximum atomic E-state index is 12.5. The highest BCUT2D eigenvalue weighted by Crippen LogP contribution is 2.29. The van der Waals surface area contributed by atoms with Gasteiger partial charge in [0.05, 0.1) is 0 Å². The fourth-order valence-corrected chi connectivity index (χ4v) is 3.38. The molecule has 3 N–H and O–H groups in total. The minimum Gasteiger partial charge on any atom is -0.354 e. The second-order valence-corrected chi connectivity index (χ2v) is 6.45. The molecule has 5 nitrogen and oxygen atoms in total. The summed E-state index contributed by atoms with van der Waals surface area (Å²) in [4.78, 5) is 30.1. The Morgan fingerprint density at radius 2 is 1.88 bits per heavy atom. The first-order valence-corrected chi connectivity index (χ1v) is 8.61. The lowest BCUT2D eigenvalue weighted by Gasteiger charge is -2.06. The van der Waals surface area contributed by atoms with Gasteiger partial charge in [-0.25, -0.2) is 0 Å². The zero-order chi connectivity index (χ0) is 18.3. The van der Waals surface area contributed by atoms with Crippen LogP contribution in [0.4, 0.5) is 5.69 Å². The Labute approximate surface area is 150 Å². The zero-order valence-electron chi connectivity index (χ0n) is 14.6. The maximum absolute atomic E-state index is 12.5. The quantitative estimate of drug-likeness (QED) is 0.522. The molecule has 0 fully saturated rings. The van der Waals surface area contributed by atoms with Crippen LogP contribution in [-0.2, 0) is 6.42 Å². The van der Waals surface area contributed by atoms with Gasteiger partial charge in [-0.05, 0) is 37.1 Å². The number of fused-ring (bicyclic) bond motifs is 3. The van der Waals surface area contributed by atoms with E-state index in [-0.39, 0.29) is 11.5 Å². The van der Waals surface area contributed by atoms with Gasteiger partial charge in [0.1, 0.15) is 0 Å². The number of rotatable bonds is 3. The molecule has 2 heterocycles. The van der Waals surface area contributed by atoms with Gasteiger partial charge in [-0.3, -0.25) is 9.59 Å². The number of nitrogens with one attached hydrogen (secondary N) is 3. The minimum atomic E-state index is -0.302. The van der Waals surface area contributed by atoms with Gasteiger partial charge in [0.25, 0.3) is 5.91 Å². The van der Waals surface area contributed by atoms with Crippen molar-refractivity contribution in [1.82, 2.24) is 9.97 Å². The average molecular weight is 345 g/mol. The number of aryl methyl sites for hydroxylation is 2. The highest BCUT2D eigenvalue weighted by molar-refractivity contribution is 6.10. The van der Waals surface area contributed by atoms with Crippen molar-refractivity contribution >= 4 is 33.4 Å². The molecule has 4 aromatic rings. The summed E-state index contributed by atoms with van der Waals surface area (Å²) in [5, 5.41) is 5.17. The van der Waals surface area contributed by atoms with Crippen molar-refractivity contribution in [2.45, 2.75) is 20.3 Å². The standard InChI is InChI=1S/C21H19N3O2/c1-3-13-5-4-6-17-16-8-7-15(11-18(16)24-20(13)17)23-21(26)14-9-12(2)22-19(25)10-14/h4-11,24H,3H2,1-2H3,(H,22,25)(H,23,26). The van der Waals surface area contributed by atoms with Gasteiger partial charge < -0.3 is 15.3 Å². The lowest BCUT2D eigenvalue weighted by molar-refractivity contribution is 0.102. The number of hydrogen-bond acceptors (Lipinski definition) is 2. The lowest BCUT2D eigenvalue weighted by Crippen LogP contribution is -2.16. The van der Waals surface area contributed by atoms with Crippen molar-refractivity contribution in [1.29, 1.82) is 0 Å². The second kappa shape index (κ2) is 6.19. The summed E-state index contributed by atoms with van der Waals surface area (Å²) in [6.45, 7) is 3.88. The Kier molecular flexibility index (Phi) is 3.84. The molecule has 0 aliphatic heterocycles. The van der Waals surface area contributed by atoms with Crippen LogP contribution in [0.2, 0.25) is 0 Å². The van der Waals surface area contributed by atoms with Crippen LogP contribution in [0.3, 0.4) is 0 Å². The Hall–Kier alpha value is -3.34. The molecule has 0 atom stereocenters. The Morgan fingerprint density at radius 1 is 1.04 bits per heavy atom. The number of aromatic nitrogens is 2. The number of para-hydroxylation sites is 1. The first-order valence-electron chi connectivity index (χ1n) is 8.61. The van der Waals surface area contributed by atoms with E-state index in [2.05, 4.69) is 40.4 Å². The molecule has 0 bridgehead atoms. The van der Waals surface area contributed by atoms with Gasteiger partial charge in [0.2, 0.25) is 5.56 Å². The summed E-state index contributed by atoms with van der Waals surface area (Å²) in [6.07, 6.45) is 0.954. The van der Waals surface area contributed by atoms with E-state index in [1.165, 1.54) is 17.0 Å². The van der Waals surface area contributed by atoms with Gasteiger partial charge in [0, 0.05) is 44.8 Å². The van der Waals surface area contributed by atoms with Crippen LogP contribution >= 0.6 is 0 Å². The number of carbonyl (C=O) groups excluding carboxylic acids is 1. The maximum Gasteiger partial charge on any atom is 0.255 e. The van der Waals surface area contributed by atoms with Crippen molar-refractivity contribution in [3.63, 3.8) is 0 Å². The summed E-state index contributed by atoms with van der Waals surface area (Å²) in [6, 6.07) is 15.1. The van der Waals surface area contributed by atoms with Crippen molar-refractivity contribution < 1.29 is 4.79 Å². The average Bonchev–Trinajstić information content (AvgIpc) is 2.98. The summed E-state index contributed by atoms with van der Waals surface area (Å²) >= 11 is 0. The molecular formula is C21H19N3O2. The summed E-state index contributed by atoms with van der Waals surface area (Å²) in [5.74, 6) is -0.302. The molecule has 1 amide bonds. The largest absolute Gasteiger partial charge is 0.354 e. The van der Waals surface area contributed by atoms with Crippen molar-refractivity contribution in [2.75, 3.05) is 5.32 Å². The number of amides is 1. The van der Waals surface area contributed by atoms with E-state index in [1.807, 2.05) is 18.2 Å². The van der Waals surface area contributed by atoms with Crippen LogP contribution in [0.25, 0.3) is 21.8 Å². The van der Waals surface area contributed by atoms with E-state index < -0.39 is 0 Å². The number of aromatic amines is 2. The zero-order valence-corrected chi connectivity index (χ0v) is 14.6. The van der Waals surface area contributed by atoms with Crippen molar-refractivity contribution in [2.24, 2.45) is 0 Å². The molecule has 0 spiro atoms. The van der Waals surface area contributed by atoms with Crippen LogP contribution in [0.1, 0.15) is 28.5 Å². The topological polar surface area (TPSA) is 77.8 Å². The molecule has 26 heavy (non-hydrogen) atoms. The monoisotopic (exact) mass is 345 g/mol. The first kappa shape index (κ1) is 16.1. The van der Waals surface area contributed by atoms with Crippen molar-refractivity contribution in [3.05, 3.63) is 75.7 Å². The molecule has 0 radical (unpaired) electrons. The number of carbonyl (C=O) groups is 1. The van der Waals surface area contributed by atoms with E-state index in [9.17, 15) is 9.59 Å². The summed E-state index contributed by atoms with van der Waals surface area (Å²) < 4.78 is 0. The number of anilines is 1. The SMILES string of the molecule is CCc1cccc2c1[nH]c1cc(NC(=O)c3cc(C)[nH]c(=O)c3)ccc12. The van der Waals surface area contributed by atoms with Gasteiger partial charge in [-0.1, -0.05) is 31.2 Å². The molecule has 2 aromatic heterocycles. The van der Waals surface area contributed by atoms with Crippen LogP contribution in [-0.4, -0.2) is 15.9 Å². The fraction of sp³-hybridized carbons (Fsp3) is 0.143. The van der Waals surface area contributed by atoms with E-state index in [0.29, 0.717) is 16.9 Å². The number of pyridine rings is 1. The van der Waals surface area contributed by atoms with Crippen LogP contribution in [0, 0.1) is 6.92 Å². The fourth-order valence-electron chi connectivity index (χ4n) is 3.38. The molecule has 130 valence electrons. The van der Waals surface area contributed by atoms with Crippen molar-refractivity contribution in [3.8, 4) is 0 Å². The molecule has 5 heteroatoms. The van der Waals surface area contributed by atoms with Crippen LogP contribution in [0.5, 0.6) is 0 Å². The first-order chi connectivity index (χ1) is 12.5. The third-order valence-corrected chi connectivity index (χ3v) is 4.60. The van der Waals surface area contributed by atoms with Gasteiger partial charge in [-0.2, -0.15) is 0 Å². The predicted molar refractivity (Wildman–Crippen MR) is 105 cm³/mol. The molecule has 2 aromatic carbocycles. The molecule has 0 aliphatic carbocycles. The third kappa shape index (κ3) is 2.77. The van der Waals surface area contributed by atoms with Crippen LogP contribution in [0.15, 0.2) is 53.3 Å². The Bertz CT molecular complexity index is 1200. The number of H-pyrrole nitrogens is 2. The van der Waals surface area contributed by atoms with Gasteiger partial charge in [0.15, 0.2) is 0 Å². The highest BCUT2D eigenvalue weighted by Gasteiger charge is 2.11. The molecule has 4 rings (SSSR count). The lowest BCUT2D eigenvalue weighted by atomic mass is 10.1. The van der Waals surface area contributed by atoms with E-state index >= 15 is 0 Å². The molecule has 0 aliphatic rings. The summed E-state index contributed by atoms with van der Waals surface area (Å²) in [7, 11) is 0. The molecular weight excluding hydrogens is 326 g/mol. The number of hydrogen-bond donors (Lipinski definition) is 3.